The molecule has 2 aromatic rings. The fourth-order valence-corrected chi connectivity index (χ4v) is 2.99. The Bertz CT molecular complexity index is 656. The molecule has 0 radical (unpaired) electrons. The van der Waals surface area contributed by atoms with Gasteiger partial charge < -0.3 is 5.32 Å². The summed E-state index contributed by atoms with van der Waals surface area (Å²) in [5.41, 5.74) is 1.09. The Morgan fingerprint density at radius 1 is 1.22 bits per heavy atom. The van der Waals surface area contributed by atoms with Crippen LogP contribution in [0.2, 0.25) is 5.28 Å². The highest BCUT2D eigenvalue weighted by molar-refractivity contribution is 6.28. The molecular weight excluding hydrogens is 314 g/mol. The molecule has 0 aromatic carbocycles. The molecule has 1 saturated heterocycles. The van der Waals surface area contributed by atoms with Crippen LogP contribution < -0.4 is 5.32 Å². The maximum absolute atomic E-state index is 5.76. The van der Waals surface area contributed by atoms with Crippen LogP contribution in [0.15, 0.2) is 18.7 Å². The van der Waals surface area contributed by atoms with Crippen LogP contribution in [-0.2, 0) is 0 Å². The van der Waals surface area contributed by atoms with Crippen LogP contribution in [0.4, 0.5) is 11.6 Å². The predicted molar refractivity (Wildman–Crippen MR) is 89.9 cm³/mol. The number of halogens is 1. The number of hydrogen-bond donors (Lipinski definition) is 1. The minimum Gasteiger partial charge on any atom is -0.321 e. The third-order valence-electron chi connectivity index (χ3n) is 4.19. The van der Waals surface area contributed by atoms with E-state index < -0.39 is 0 Å². The van der Waals surface area contributed by atoms with Crippen LogP contribution >= 0.6 is 11.6 Å². The highest BCUT2D eigenvalue weighted by atomic mass is 35.5. The van der Waals surface area contributed by atoms with E-state index in [-0.39, 0.29) is 10.8 Å². The second-order valence-electron chi connectivity index (χ2n) is 6.80. The number of piperidine rings is 1. The molecule has 8 heteroatoms. The first-order valence-corrected chi connectivity index (χ1v) is 8.20. The largest absolute Gasteiger partial charge is 0.321 e. The van der Waals surface area contributed by atoms with E-state index >= 15 is 0 Å². The van der Waals surface area contributed by atoms with E-state index in [0.29, 0.717) is 12.0 Å². The molecule has 0 bridgehead atoms. The second kappa shape index (κ2) is 6.41. The van der Waals surface area contributed by atoms with Crippen LogP contribution in [0.3, 0.4) is 0 Å². The summed E-state index contributed by atoms with van der Waals surface area (Å²) in [6, 6.07) is 0.436. The maximum Gasteiger partial charge on any atom is 0.231 e. The van der Waals surface area contributed by atoms with Crippen LogP contribution in [0.25, 0.3) is 0 Å². The van der Waals surface area contributed by atoms with E-state index in [2.05, 4.69) is 51.0 Å². The zero-order valence-corrected chi connectivity index (χ0v) is 14.5. The van der Waals surface area contributed by atoms with E-state index in [4.69, 9.17) is 11.6 Å². The third-order valence-corrected chi connectivity index (χ3v) is 4.37. The van der Waals surface area contributed by atoms with E-state index in [9.17, 15) is 0 Å². The topological polar surface area (TPSA) is 71.8 Å². The number of nitrogens with zero attached hydrogens (tertiary/aromatic N) is 6. The summed E-state index contributed by atoms with van der Waals surface area (Å²) < 4.78 is 2.03. The molecule has 7 nitrogen and oxygen atoms in total. The number of hydrogen-bond acceptors (Lipinski definition) is 6. The third kappa shape index (κ3) is 3.97. The van der Waals surface area contributed by atoms with Crippen molar-refractivity contribution in [3.05, 3.63) is 24.0 Å². The van der Waals surface area contributed by atoms with Gasteiger partial charge in [-0.25, -0.2) is 9.97 Å². The summed E-state index contributed by atoms with van der Waals surface area (Å²) in [4.78, 5) is 14.3. The Kier molecular flexibility index (Phi) is 4.50. The van der Waals surface area contributed by atoms with Crippen molar-refractivity contribution in [3.8, 4) is 0 Å². The van der Waals surface area contributed by atoms with Gasteiger partial charge in [0.2, 0.25) is 11.2 Å². The van der Waals surface area contributed by atoms with Gasteiger partial charge in [0.05, 0.1) is 17.9 Å². The molecule has 3 heterocycles. The van der Waals surface area contributed by atoms with Gasteiger partial charge in [0.25, 0.3) is 0 Å². The zero-order valence-electron chi connectivity index (χ0n) is 13.7. The normalized spacial score (nSPS) is 17.4. The monoisotopic (exact) mass is 335 g/mol. The van der Waals surface area contributed by atoms with Crippen molar-refractivity contribution in [1.29, 1.82) is 0 Å². The summed E-state index contributed by atoms with van der Waals surface area (Å²) >= 11 is 5.76. The molecule has 3 rings (SSSR count). The fraction of sp³-hybridized carbons (Fsp3) is 0.600. The van der Waals surface area contributed by atoms with Crippen molar-refractivity contribution < 1.29 is 0 Å². The summed E-state index contributed by atoms with van der Waals surface area (Å²) in [6.07, 6.45) is 7.37. The van der Waals surface area contributed by atoms with Crippen LogP contribution in [0.1, 0.15) is 39.7 Å². The van der Waals surface area contributed by atoms with Crippen molar-refractivity contribution in [3.63, 3.8) is 0 Å². The molecule has 1 aliphatic heterocycles. The Balaban J connectivity index is 1.62. The molecule has 0 aliphatic carbocycles. The van der Waals surface area contributed by atoms with Gasteiger partial charge in [-0.1, -0.05) is 0 Å². The van der Waals surface area contributed by atoms with E-state index in [1.54, 1.807) is 6.20 Å². The maximum atomic E-state index is 5.76. The van der Waals surface area contributed by atoms with Crippen molar-refractivity contribution in [1.82, 2.24) is 29.6 Å². The van der Waals surface area contributed by atoms with Gasteiger partial charge >= 0.3 is 0 Å². The molecule has 0 unspecified atom stereocenters. The molecule has 1 N–H and O–H groups in total. The van der Waals surface area contributed by atoms with E-state index in [0.717, 1.165) is 31.6 Å². The Labute approximate surface area is 141 Å². The zero-order chi connectivity index (χ0) is 16.4. The average molecular weight is 336 g/mol. The lowest BCUT2D eigenvalue weighted by Gasteiger charge is -2.40. The van der Waals surface area contributed by atoms with Gasteiger partial charge in [0, 0.05) is 24.8 Å². The minimum absolute atomic E-state index is 0.171. The first-order valence-electron chi connectivity index (χ1n) is 7.82. The fourth-order valence-electron chi connectivity index (χ4n) is 2.87. The average Bonchev–Trinajstić information content (AvgIpc) is 2.95. The lowest BCUT2D eigenvalue weighted by atomic mass is 9.98. The van der Waals surface area contributed by atoms with Crippen molar-refractivity contribution >= 4 is 23.2 Å². The smallest absolute Gasteiger partial charge is 0.231 e. The Hall–Kier alpha value is -1.73. The molecule has 0 atom stereocenters. The first kappa shape index (κ1) is 16.1. The highest BCUT2D eigenvalue weighted by Gasteiger charge is 2.27. The summed E-state index contributed by atoms with van der Waals surface area (Å²) in [5.74, 6) is 0.423. The predicted octanol–water partition coefficient (Wildman–Crippen LogP) is 2.90. The van der Waals surface area contributed by atoms with E-state index in [1.807, 2.05) is 10.9 Å². The summed E-state index contributed by atoms with van der Waals surface area (Å²) in [6.45, 7) is 9.00. The minimum atomic E-state index is 0.171. The number of anilines is 2. The first-order chi connectivity index (χ1) is 10.9. The Morgan fingerprint density at radius 2 is 1.96 bits per heavy atom. The molecule has 0 amide bonds. The lowest BCUT2D eigenvalue weighted by molar-refractivity contribution is 0.0870. The Morgan fingerprint density at radius 3 is 2.61 bits per heavy atom. The second-order valence-corrected chi connectivity index (χ2v) is 7.14. The molecule has 0 spiro atoms. The van der Waals surface area contributed by atoms with Crippen LogP contribution in [-0.4, -0.2) is 48.3 Å². The van der Waals surface area contributed by atoms with Crippen LogP contribution in [0, 0.1) is 0 Å². The van der Waals surface area contributed by atoms with Gasteiger partial charge in [0.15, 0.2) is 0 Å². The lowest BCUT2D eigenvalue weighted by Crippen LogP contribution is -2.46. The quantitative estimate of drug-likeness (QED) is 0.929. The van der Waals surface area contributed by atoms with Crippen molar-refractivity contribution in [2.75, 3.05) is 18.4 Å². The number of nitrogens with one attached hydrogen (secondary N) is 1. The van der Waals surface area contributed by atoms with Gasteiger partial charge in [-0.05, 0) is 45.2 Å². The number of likely N-dealkylation sites (tertiary alicyclic amines) is 1. The number of aromatic nitrogens is 5. The molecule has 1 fully saturated rings. The molecule has 0 saturated carbocycles. The summed E-state index contributed by atoms with van der Waals surface area (Å²) in [5, 5.41) is 7.74. The summed E-state index contributed by atoms with van der Waals surface area (Å²) in [7, 11) is 0. The van der Waals surface area contributed by atoms with Gasteiger partial charge in [-0.3, -0.25) is 9.58 Å². The highest BCUT2D eigenvalue weighted by Crippen LogP contribution is 2.27. The number of rotatable bonds is 3. The molecular formula is C15H22ClN7. The van der Waals surface area contributed by atoms with Gasteiger partial charge in [-0.2, -0.15) is 10.1 Å². The standard InChI is InChI=1S/C15H22ClN7/c1-15(2,3)22-6-4-12(5-7-22)23-9-11(8-19-23)20-14-18-10-17-13(16)21-14/h8-10,12H,4-7H2,1-3H3,(H,17,18,20,21). The SMILES string of the molecule is CC(C)(C)N1CCC(n2cc(Nc3ncnc(Cl)n3)cn2)CC1. The molecule has 1 aliphatic rings. The van der Waals surface area contributed by atoms with Gasteiger partial charge in [0.1, 0.15) is 6.33 Å². The molecule has 124 valence electrons. The molecule has 23 heavy (non-hydrogen) atoms. The van der Waals surface area contributed by atoms with Crippen molar-refractivity contribution in [2.45, 2.75) is 45.2 Å². The van der Waals surface area contributed by atoms with E-state index in [1.165, 1.54) is 6.33 Å². The van der Waals surface area contributed by atoms with Crippen molar-refractivity contribution in [2.24, 2.45) is 0 Å². The van der Waals surface area contributed by atoms with Gasteiger partial charge in [-0.15, -0.1) is 0 Å². The van der Waals surface area contributed by atoms with Crippen LogP contribution in [0.5, 0.6) is 0 Å². The molecule has 2 aromatic heterocycles.